The normalized spacial score (nSPS) is 11.9. The highest BCUT2D eigenvalue weighted by Crippen LogP contribution is 2.19. The maximum absolute atomic E-state index is 12.5. The van der Waals surface area contributed by atoms with Gasteiger partial charge in [-0.2, -0.15) is 4.31 Å². The molecule has 0 unspecified atom stereocenters. The van der Waals surface area contributed by atoms with Crippen molar-refractivity contribution >= 4 is 21.6 Å². The molecule has 29 heavy (non-hydrogen) atoms. The highest BCUT2D eigenvalue weighted by Gasteiger charge is 2.22. The number of carbonyl (C=O) groups excluding carboxylic acids is 1. The zero-order chi connectivity index (χ0) is 21.6. The van der Waals surface area contributed by atoms with Crippen LogP contribution in [0.1, 0.15) is 19.4 Å². The molecule has 1 amide bonds. The van der Waals surface area contributed by atoms with Gasteiger partial charge in [0.25, 0.3) is 0 Å². The average Bonchev–Trinajstić information content (AvgIpc) is 2.67. The lowest BCUT2D eigenvalue weighted by Crippen LogP contribution is -2.33. The molecule has 0 fully saturated rings. The van der Waals surface area contributed by atoms with Crippen molar-refractivity contribution in [2.24, 2.45) is 0 Å². The van der Waals surface area contributed by atoms with E-state index >= 15 is 0 Å². The Morgan fingerprint density at radius 3 is 2.34 bits per heavy atom. The van der Waals surface area contributed by atoms with E-state index < -0.39 is 10.0 Å². The summed E-state index contributed by atoms with van der Waals surface area (Å²) in [5.41, 5.74) is 1.60. The second-order valence-electron chi connectivity index (χ2n) is 7.21. The summed E-state index contributed by atoms with van der Waals surface area (Å²) >= 11 is 0. The number of sulfonamides is 1. The van der Waals surface area contributed by atoms with Gasteiger partial charge in [-0.05, 0) is 62.9 Å². The molecule has 0 atom stereocenters. The summed E-state index contributed by atoms with van der Waals surface area (Å²) in [5.74, 6) is 0.601. The van der Waals surface area contributed by atoms with Crippen LogP contribution in [-0.4, -0.2) is 57.3 Å². The lowest BCUT2D eigenvalue weighted by atomic mass is 10.2. The fraction of sp³-hybridized carbons (Fsp3) is 0.381. The zero-order valence-corrected chi connectivity index (χ0v) is 18.4. The average molecular weight is 420 g/mol. The number of rotatable bonds is 9. The summed E-state index contributed by atoms with van der Waals surface area (Å²) < 4.78 is 31.5. The number of hydrogen-bond acceptors (Lipinski definition) is 5. The smallest absolute Gasteiger partial charge is 0.243 e. The fourth-order valence-electron chi connectivity index (χ4n) is 2.74. The van der Waals surface area contributed by atoms with Gasteiger partial charge in [0.2, 0.25) is 15.9 Å². The van der Waals surface area contributed by atoms with Gasteiger partial charge in [0.05, 0.1) is 18.6 Å². The molecule has 1 N–H and O–H groups in total. The largest absolute Gasteiger partial charge is 0.497 e. The summed E-state index contributed by atoms with van der Waals surface area (Å²) in [6.07, 6.45) is 0. The van der Waals surface area contributed by atoms with E-state index in [1.807, 2.05) is 50.1 Å². The van der Waals surface area contributed by atoms with Crippen LogP contribution in [0.5, 0.6) is 5.75 Å². The molecular formula is C21H29N3O4S. The van der Waals surface area contributed by atoms with Crippen molar-refractivity contribution in [3.63, 3.8) is 0 Å². The van der Waals surface area contributed by atoms with Crippen LogP contribution in [0, 0.1) is 0 Å². The first kappa shape index (κ1) is 22.9. The Hall–Kier alpha value is -2.42. The Labute approximate surface area is 173 Å². The number of amides is 1. The predicted octanol–water partition coefficient (Wildman–Crippen LogP) is 2.79. The first-order valence-electron chi connectivity index (χ1n) is 9.33. The summed E-state index contributed by atoms with van der Waals surface area (Å²) in [5, 5.41) is 2.80. The summed E-state index contributed by atoms with van der Waals surface area (Å²) in [4.78, 5) is 14.4. The number of nitrogens with zero attached hydrogens (tertiary/aromatic N) is 2. The van der Waals surface area contributed by atoms with Gasteiger partial charge >= 0.3 is 0 Å². The van der Waals surface area contributed by atoms with Gasteiger partial charge in [0.1, 0.15) is 5.75 Å². The van der Waals surface area contributed by atoms with E-state index in [9.17, 15) is 13.2 Å². The zero-order valence-electron chi connectivity index (χ0n) is 17.5. The molecule has 2 aromatic carbocycles. The highest BCUT2D eigenvalue weighted by atomic mass is 32.2. The molecule has 2 aromatic rings. The van der Waals surface area contributed by atoms with E-state index in [-0.39, 0.29) is 23.4 Å². The van der Waals surface area contributed by atoms with Crippen LogP contribution in [0.2, 0.25) is 0 Å². The molecular weight excluding hydrogens is 390 g/mol. The third-order valence-electron chi connectivity index (χ3n) is 4.54. The molecule has 0 heterocycles. The SMILES string of the molecule is COc1cccc(CN(C)CC(=O)Nc2ccc(S(=O)(=O)N(C)C(C)C)cc2)c1. The summed E-state index contributed by atoms with van der Waals surface area (Å²) in [6, 6.07) is 13.8. The van der Waals surface area contributed by atoms with Crippen LogP contribution >= 0.6 is 0 Å². The van der Waals surface area contributed by atoms with Crippen molar-refractivity contribution in [3.05, 3.63) is 54.1 Å². The first-order chi connectivity index (χ1) is 13.6. The van der Waals surface area contributed by atoms with E-state index in [2.05, 4.69) is 5.32 Å². The van der Waals surface area contributed by atoms with E-state index in [4.69, 9.17) is 4.74 Å². The molecule has 0 aliphatic heterocycles. The van der Waals surface area contributed by atoms with Crippen LogP contribution in [0.15, 0.2) is 53.4 Å². The molecule has 2 rings (SSSR count). The van der Waals surface area contributed by atoms with Crippen molar-refractivity contribution < 1.29 is 17.9 Å². The van der Waals surface area contributed by atoms with Gasteiger partial charge in [-0.3, -0.25) is 9.69 Å². The number of anilines is 1. The van der Waals surface area contributed by atoms with Crippen LogP contribution in [0.3, 0.4) is 0 Å². The molecule has 0 radical (unpaired) electrons. The maximum Gasteiger partial charge on any atom is 0.243 e. The Morgan fingerprint density at radius 2 is 1.76 bits per heavy atom. The monoisotopic (exact) mass is 419 g/mol. The van der Waals surface area contributed by atoms with Crippen LogP contribution < -0.4 is 10.1 Å². The van der Waals surface area contributed by atoms with Gasteiger partial charge in [-0.1, -0.05) is 12.1 Å². The lowest BCUT2D eigenvalue weighted by molar-refractivity contribution is -0.117. The maximum atomic E-state index is 12.5. The Balaban J connectivity index is 1.95. The number of methoxy groups -OCH3 is 1. The summed E-state index contributed by atoms with van der Waals surface area (Å²) in [6.45, 7) is 4.43. The van der Waals surface area contributed by atoms with Gasteiger partial charge in [-0.15, -0.1) is 0 Å². The molecule has 8 heteroatoms. The highest BCUT2D eigenvalue weighted by molar-refractivity contribution is 7.89. The molecule has 0 saturated heterocycles. The predicted molar refractivity (Wildman–Crippen MR) is 114 cm³/mol. The van der Waals surface area contributed by atoms with Crippen LogP contribution in [0.4, 0.5) is 5.69 Å². The van der Waals surface area contributed by atoms with Crippen molar-refractivity contribution in [1.29, 1.82) is 0 Å². The minimum Gasteiger partial charge on any atom is -0.497 e. The van der Waals surface area contributed by atoms with E-state index in [1.165, 1.54) is 16.4 Å². The van der Waals surface area contributed by atoms with Gasteiger partial charge in [0.15, 0.2) is 0 Å². The quantitative estimate of drug-likeness (QED) is 0.676. The molecule has 7 nitrogen and oxygen atoms in total. The Kier molecular flexibility index (Phi) is 7.78. The molecule has 158 valence electrons. The minimum absolute atomic E-state index is 0.139. The van der Waals surface area contributed by atoms with E-state index in [0.717, 1.165) is 11.3 Å². The lowest BCUT2D eigenvalue weighted by Gasteiger charge is -2.21. The second kappa shape index (κ2) is 9.87. The van der Waals surface area contributed by atoms with Crippen LogP contribution in [-0.2, 0) is 21.4 Å². The van der Waals surface area contributed by atoms with Gasteiger partial charge in [-0.25, -0.2) is 8.42 Å². The third kappa shape index (κ3) is 6.28. The second-order valence-corrected chi connectivity index (χ2v) is 9.21. The number of nitrogens with one attached hydrogen (secondary N) is 1. The first-order valence-corrected chi connectivity index (χ1v) is 10.8. The Morgan fingerprint density at radius 1 is 1.10 bits per heavy atom. The van der Waals surface area contributed by atoms with Crippen molar-refractivity contribution in [2.45, 2.75) is 31.3 Å². The number of carbonyl (C=O) groups is 1. The fourth-order valence-corrected chi connectivity index (χ4v) is 4.11. The standard InChI is InChI=1S/C21H29N3O4S/c1-16(2)24(4)29(26,27)20-11-9-18(10-12-20)22-21(25)15-23(3)14-17-7-6-8-19(13-17)28-5/h6-13,16H,14-15H2,1-5H3,(H,22,25). The minimum atomic E-state index is -3.54. The molecule has 0 spiro atoms. The Bertz CT molecular complexity index is 927. The molecule has 0 aliphatic carbocycles. The topological polar surface area (TPSA) is 79.0 Å². The number of hydrogen-bond donors (Lipinski definition) is 1. The van der Waals surface area contributed by atoms with Crippen molar-refractivity contribution in [1.82, 2.24) is 9.21 Å². The summed E-state index contributed by atoms with van der Waals surface area (Å²) in [7, 11) is 1.49. The molecule has 0 aromatic heterocycles. The van der Waals surface area contributed by atoms with Gasteiger partial charge in [0, 0.05) is 25.3 Å². The van der Waals surface area contributed by atoms with E-state index in [1.54, 1.807) is 26.3 Å². The number of likely N-dealkylation sites (N-methyl/N-ethyl adjacent to an activating group) is 1. The molecule has 0 saturated carbocycles. The van der Waals surface area contributed by atoms with Gasteiger partial charge < -0.3 is 10.1 Å². The van der Waals surface area contributed by atoms with Crippen LogP contribution in [0.25, 0.3) is 0 Å². The molecule has 0 bridgehead atoms. The van der Waals surface area contributed by atoms with Crippen molar-refractivity contribution in [2.75, 3.05) is 33.1 Å². The number of ether oxygens (including phenoxy) is 1. The van der Waals surface area contributed by atoms with E-state index in [0.29, 0.717) is 12.2 Å². The number of benzene rings is 2. The molecule has 0 aliphatic rings. The van der Waals surface area contributed by atoms with Crippen molar-refractivity contribution in [3.8, 4) is 5.75 Å². The third-order valence-corrected chi connectivity index (χ3v) is 6.59.